The lowest BCUT2D eigenvalue weighted by atomic mass is 10.1. The van der Waals surface area contributed by atoms with Gasteiger partial charge in [-0.05, 0) is 32.1 Å². The fraction of sp³-hybridized carbons (Fsp3) is 0.650. The molecule has 2 N–H and O–H groups in total. The number of unbranched alkanes of at least 4 members (excludes halogenated alkanes) is 6. The van der Waals surface area contributed by atoms with E-state index in [4.69, 9.17) is 10.4 Å². The molecule has 4 nitrogen and oxygen atoms in total. The van der Waals surface area contributed by atoms with Crippen molar-refractivity contribution in [2.24, 2.45) is 0 Å². The van der Waals surface area contributed by atoms with E-state index < -0.39 is 5.97 Å². The van der Waals surface area contributed by atoms with E-state index in [9.17, 15) is 4.79 Å². The summed E-state index contributed by atoms with van der Waals surface area (Å²) in [6.07, 6.45) is 22.4. The molecule has 0 bridgehead atoms. The van der Waals surface area contributed by atoms with Gasteiger partial charge in [0.15, 0.2) is 0 Å². The van der Waals surface area contributed by atoms with E-state index in [2.05, 4.69) is 30.0 Å². The summed E-state index contributed by atoms with van der Waals surface area (Å²) < 4.78 is 0. The minimum atomic E-state index is -0.700. The number of carboxylic acid groups (broad SMARTS) is 1. The summed E-state index contributed by atoms with van der Waals surface area (Å²) in [6.45, 7) is 2.15. The van der Waals surface area contributed by atoms with Crippen LogP contribution in [0.1, 0.15) is 77.6 Å². The highest BCUT2D eigenvalue weighted by atomic mass is 17.1. The quantitative estimate of drug-likeness (QED) is 0.121. The summed E-state index contributed by atoms with van der Waals surface area (Å²) in [5, 5.41) is 17.3. The summed E-state index contributed by atoms with van der Waals surface area (Å²) in [5.74, 6) is -0.700. The van der Waals surface area contributed by atoms with E-state index in [-0.39, 0.29) is 12.5 Å². The third-order valence-electron chi connectivity index (χ3n) is 3.75. The van der Waals surface area contributed by atoms with Crippen molar-refractivity contribution in [2.45, 2.75) is 83.7 Å². The average Bonchev–Trinajstić information content (AvgIpc) is 2.57. The summed E-state index contributed by atoms with van der Waals surface area (Å²) in [6, 6.07) is 0. The Morgan fingerprint density at radius 1 is 1.00 bits per heavy atom. The van der Waals surface area contributed by atoms with Crippen LogP contribution < -0.4 is 0 Å². The minimum Gasteiger partial charge on any atom is -0.481 e. The Morgan fingerprint density at radius 3 is 2.50 bits per heavy atom. The van der Waals surface area contributed by atoms with Crippen molar-refractivity contribution in [3.63, 3.8) is 0 Å². The van der Waals surface area contributed by atoms with Crippen LogP contribution in [0, 0.1) is 0 Å². The molecular weight excluding hydrogens is 304 g/mol. The second-order valence-electron chi connectivity index (χ2n) is 6.01. The maximum absolute atomic E-state index is 10.4. The van der Waals surface area contributed by atoms with Gasteiger partial charge in [-0.25, -0.2) is 4.89 Å². The lowest BCUT2D eigenvalue weighted by Gasteiger charge is -2.07. The van der Waals surface area contributed by atoms with Gasteiger partial charge < -0.3 is 5.11 Å². The van der Waals surface area contributed by atoms with Gasteiger partial charge in [-0.1, -0.05) is 75.5 Å². The smallest absolute Gasteiger partial charge is 0.303 e. The first kappa shape index (κ1) is 22.6. The predicted octanol–water partition coefficient (Wildman–Crippen LogP) is 5.91. The Hall–Kier alpha value is -1.39. The maximum atomic E-state index is 10.4. The van der Waals surface area contributed by atoms with Gasteiger partial charge in [0, 0.05) is 6.42 Å². The van der Waals surface area contributed by atoms with Crippen LogP contribution in [0.15, 0.2) is 36.5 Å². The second-order valence-corrected chi connectivity index (χ2v) is 6.01. The zero-order valence-electron chi connectivity index (χ0n) is 15.0. The van der Waals surface area contributed by atoms with Gasteiger partial charge in [-0.15, -0.1) is 0 Å². The molecule has 0 aromatic carbocycles. The highest BCUT2D eigenvalue weighted by Crippen LogP contribution is 2.08. The van der Waals surface area contributed by atoms with Crippen LogP contribution in [0.2, 0.25) is 0 Å². The van der Waals surface area contributed by atoms with E-state index in [1.54, 1.807) is 0 Å². The third kappa shape index (κ3) is 17.0. The van der Waals surface area contributed by atoms with Crippen LogP contribution in [0.4, 0.5) is 0 Å². The molecule has 4 heteroatoms. The minimum absolute atomic E-state index is 0.210. The zero-order chi connectivity index (χ0) is 17.9. The molecular formula is C20H34O4. The Kier molecular flexibility index (Phi) is 16.9. The maximum Gasteiger partial charge on any atom is 0.303 e. The highest BCUT2D eigenvalue weighted by molar-refractivity contribution is 5.66. The van der Waals surface area contributed by atoms with Crippen molar-refractivity contribution in [3.05, 3.63) is 36.5 Å². The van der Waals surface area contributed by atoms with E-state index in [0.29, 0.717) is 0 Å². The fourth-order valence-electron chi connectivity index (χ4n) is 2.31. The van der Waals surface area contributed by atoms with Crippen molar-refractivity contribution in [2.75, 3.05) is 0 Å². The van der Waals surface area contributed by atoms with E-state index in [1.165, 1.54) is 0 Å². The van der Waals surface area contributed by atoms with Gasteiger partial charge in [0.1, 0.15) is 6.10 Å². The van der Waals surface area contributed by atoms with Crippen molar-refractivity contribution in [1.29, 1.82) is 0 Å². The first-order valence-electron chi connectivity index (χ1n) is 9.21. The van der Waals surface area contributed by atoms with Gasteiger partial charge >= 0.3 is 5.97 Å². The monoisotopic (exact) mass is 338 g/mol. The van der Waals surface area contributed by atoms with Gasteiger partial charge in [0.2, 0.25) is 0 Å². The first-order chi connectivity index (χ1) is 11.7. The molecule has 0 saturated carbocycles. The van der Waals surface area contributed by atoms with Crippen LogP contribution in [0.25, 0.3) is 0 Å². The second kappa shape index (κ2) is 18.0. The molecule has 0 aliphatic carbocycles. The molecule has 0 aliphatic heterocycles. The summed E-state index contributed by atoms with van der Waals surface area (Å²) in [4.78, 5) is 14.8. The van der Waals surface area contributed by atoms with Gasteiger partial charge in [0.25, 0.3) is 0 Å². The van der Waals surface area contributed by atoms with Gasteiger partial charge in [0.05, 0.1) is 0 Å². The Bertz CT molecular complexity index is 372. The molecule has 0 aromatic heterocycles. The molecule has 0 spiro atoms. The number of hydrogen-bond donors (Lipinski definition) is 2. The standard InChI is InChI=1S/C20H34O4/c1-2-3-13-16-19(24-23)17-14-11-9-7-5-4-6-8-10-12-15-18-20(21)22/h4-5,9,11,14,17,19,23H,2-3,6-8,10,12-13,15-16,18H2,1H3,(H,21,22)/b5-4-,11-9-,17-14+. The molecule has 0 amide bonds. The van der Waals surface area contributed by atoms with Crippen LogP contribution in [-0.2, 0) is 9.68 Å². The number of rotatable bonds is 16. The van der Waals surface area contributed by atoms with Gasteiger partial charge in [-0.3, -0.25) is 10.1 Å². The fourth-order valence-corrected chi connectivity index (χ4v) is 2.31. The van der Waals surface area contributed by atoms with Crippen LogP contribution in [-0.4, -0.2) is 22.4 Å². The van der Waals surface area contributed by atoms with E-state index in [0.717, 1.165) is 64.2 Å². The first-order valence-corrected chi connectivity index (χ1v) is 9.21. The lowest BCUT2D eigenvalue weighted by molar-refractivity contribution is -0.267. The van der Waals surface area contributed by atoms with Crippen LogP contribution in [0.3, 0.4) is 0 Å². The molecule has 1 unspecified atom stereocenters. The molecule has 0 saturated heterocycles. The molecule has 0 heterocycles. The summed E-state index contributed by atoms with van der Waals surface area (Å²) >= 11 is 0. The average molecular weight is 338 g/mol. The predicted molar refractivity (Wildman–Crippen MR) is 99.0 cm³/mol. The number of allylic oxidation sites excluding steroid dienone is 5. The molecule has 1 atom stereocenters. The molecule has 0 aliphatic rings. The molecule has 0 aromatic rings. The lowest BCUT2D eigenvalue weighted by Crippen LogP contribution is -2.06. The Morgan fingerprint density at radius 2 is 1.79 bits per heavy atom. The number of aliphatic carboxylic acids is 1. The summed E-state index contributed by atoms with van der Waals surface area (Å²) in [5.41, 5.74) is 0. The van der Waals surface area contributed by atoms with E-state index in [1.807, 2.05) is 18.2 Å². The van der Waals surface area contributed by atoms with Gasteiger partial charge in [-0.2, -0.15) is 0 Å². The normalized spacial score (nSPS) is 13.4. The van der Waals surface area contributed by atoms with Crippen molar-refractivity contribution in [1.82, 2.24) is 0 Å². The van der Waals surface area contributed by atoms with Crippen LogP contribution in [0.5, 0.6) is 0 Å². The third-order valence-corrected chi connectivity index (χ3v) is 3.75. The Balaban J connectivity index is 3.58. The molecule has 24 heavy (non-hydrogen) atoms. The Labute approximate surface area is 146 Å². The zero-order valence-corrected chi connectivity index (χ0v) is 15.0. The van der Waals surface area contributed by atoms with Crippen molar-refractivity contribution in [3.8, 4) is 0 Å². The summed E-state index contributed by atoms with van der Waals surface area (Å²) in [7, 11) is 0. The topological polar surface area (TPSA) is 66.8 Å². The molecule has 0 radical (unpaired) electrons. The largest absolute Gasteiger partial charge is 0.481 e. The number of carbonyl (C=O) groups is 1. The SMILES string of the molecule is CCCCCC(/C=C/C=C\C/C=C\CCCCCCC(=O)O)OO. The number of carboxylic acids is 1. The molecule has 138 valence electrons. The highest BCUT2D eigenvalue weighted by Gasteiger charge is 2.02. The van der Waals surface area contributed by atoms with Crippen molar-refractivity contribution >= 4 is 5.97 Å². The number of hydrogen-bond acceptors (Lipinski definition) is 3. The molecule has 0 rings (SSSR count). The van der Waals surface area contributed by atoms with E-state index >= 15 is 0 Å². The molecule has 0 fully saturated rings. The van der Waals surface area contributed by atoms with Crippen molar-refractivity contribution < 1.29 is 20.0 Å². The van der Waals surface area contributed by atoms with Crippen LogP contribution >= 0.6 is 0 Å².